The van der Waals surface area contributed by atoms with E-state index >= 15 is 0 Å². The maximum absolute atomic E-state index is 8.63. The van der Waals surface area contributed by atoms with Crippen LogP contribution in [0.1, 0.15) is 37.7 Å². The molecule has 19 heavy (non-hydrogen) atoms. The molecule has 0 amide bonds. The minimum absolute atomic E-state index is 0.229. The van der Waals surface area contributed by atoms with E-state index < -0.39 is 0 Å². The molecule has 4 N–H and O–H groups in total. The minimum Gasteiger partial charge on any atom is -0.409 e. The summed E-state index contributed by atoms with van der Waals surface area (Å²) in [7, 11) is 0. The Kier molecular flexibility index (Phi) is 4.43. The predicted octanol–water partition coefficient (Wildman–Crippen LogP) is 2.30. The monoisotopic (exact) mass is 261 g/mol. The van der Waals surface area contributed by atoms with Gasteiger partial charge in [0.05, 0.1) is 0 Å². The normalized spacial score (nSPS) is 19.1. The molecule has 0 saturated heterocycles. The average molecular weight is 261 g/mol. The molecule has 1 aliphatic carbocycles. The number of hydrogen-bond donors (Lipinski definition) is 3. The summed E-state index contributed by atoms with van der Waals surface area (Å²) in [5.74, 6) is 0.844. The van der Waals surface area contributed by atoms with Gasteiger partial charge in [-0.25, -0.2) is 0 Å². The van der Waals surface area contributed by atoms with Gasteiger partial charge in [-0.3, -0.25) is 0 Å². The van der Waals surface area contributed by atoms with Gasteiger partial charge in [0.25, 0.3) is 0 Å². The fourth-order valence-corrected chi connectivity index (χ4v) is 2.47. The van der Waals surface area contributed by atoms with Crippen LogP contribution in [0.15, 0.2) is 35.5 Å². The van der Waals surface area contributed by atoms with E-state index in [9.17, 15) is 0 Å². The molecule has 1 atom stereocenters. The van der Waals surface area contributed by atoms with Crippen LogP contribution in [0.2, 0.25) is 0 Å². The molecule has 1 aliphatic rings. The van der Waals surface area contributed by atoms with Crippen LogP contribution in [0, 0.1) is 5.41 Å². The third kappa shape index (κ3) is 3.96. The van der Waals surface area contributed by atoms with Crippen molar-refractivity contribution in [3.05, 3.63) is 35.9 Å². The number of oxime groups is 1. The summed E-state index contributed by atoms with van der Waals surface area (Å²) in [5.41, 5.74) is 7.18. The van der Waals surface area contributed by atoms with Crippen molar-refractivity contribution in [2.45, 2.75) is 32.1 Å². The third-order valence-corrected chi connectivity index (χ3v) is 3.96. The standard InChI is InChI=1S/C15H23N3O/c1-12(13-5-3-2-4-6-13)10-17-11-15(7-8-15)9-14(16)18-19/h2-6,12,17,19H,7-11H2,1H3,(H2,16,18). The predicted molar refractivity (Wildman–Crippen MR) is 77.4 cm³/mol. The van der Waals surface area contributed by atoms with Crippen molar-refractivity contribution < 1.29 is 5.21 Å². The molecular weight excluding hydrogens is 238 g/mol. The first-order valence-electron chi connectivity index (χ1n) is 6.87. The molecule has 1 aromatic carbocycles. The van der Waals surface area contributed by atoms with E-state index in [1.54, 1.807) is 0 Å². The zero-order valence-corrected chi connectivity index (χ0v) is 11.5. The second-order valence-corrected chi connectivity index (χ2v) is 5.71. The van der Waals surface area contributed by atoms with Gasteiger partial charge in [0.15, 0.2) is 0 Å². The summed E-state index contributed by atoms with van der Waals surface area (Å²) in [6.45, 7) is 4.13. The Labute approximate surface area is 114 Å². The molecule has 4 nitrogen and oxygen atoms in total. The van der Waals surface area contributed by atoms with Gasteiger partial charge in [0, 0.05) is 19.5 Å². The van der Waals surface area contributed by atoms with Crippen LogP contribution < -0.4 is 11.1 Å². The van der Waals surface area contributed by atoms with Gasteiger partial charge in [-0.1, -0.05) is 42.4 Å². The molecule has 104 valence electrons. The largest absolute Gasteiger partial charge is 0.409 e. The van der Waals surface area contributed by atoms with Crippen molar-refractivity contribution in [1.82, 2.24) is 5.32 Å². The highest BCUT2D eigenvalue weighted by molar-refractivity contribution is 5.80. The van der Waals surface area contributed by atoms with Crippen LogP contribution in [0.4, 0.5) is 0 Å². The summed E-state index contributed by atoms with van der Waals surface area (Å²) in [5, 5.41) is 15.2. The van der Waals surface area contributed by atoms with Crippen molar-refractivity contribution in [3.63, 3.8) is 0 Å². The van der Waals surface area contributed by atoms with Crippen LogP contribution in [-0.2, 0) is 0 Å². The second kappa shape index (κ2) is 6.06. The lowest BCUT2D eigenvalue weighted by atomic mass is 9.99. The molecule has 1 unspecified atom stereocenters. The van der Waals surface area contributed by atoms with Gasteiger partial charge < -0.3 is 16.3 Å². The van der Waals surface area contributed by atoms with Gasteiger partial charge in [-0.05, 0) is 29.7 Å². The van der Waals surface area contributed by atoms with E-state index in [1.807, 2.05) is 6.07 Å². The molecule has 0 aliphatic heterocycles. The summed E-state index contributed by atoms with van der Waals surface area (Å²) in [4.78, 5) is 0. The van der Waals surface area contributed by atoms with Crippen LogP contribution in [0.3, 0.4) is 0 Å². The van der Waals surface area contributed by atoms with E-state index in [4.69, 9.17) is 10.9 Å². The van der Waals surface area contributed by atoms with Gasteiger partial charge in [-0.15, -0.1) is 0 Å². The average Bonchev–Trinajstić information content (AvgIpc) is 3.19. The fourth-order valence-electron chi connectivity index (χ4n) is 2.47. The number of nitrogens with zero attached hydrogens (tertiary/aromatic N) is 1. The molecule has 2 rings (SSSR count). The highest BCUT2D eigenvalue weighted by Crippen LogP contribution is 2.48. The maximum Gasteiger partial charge on any atom is 0.139 e. The van der Waals surface area contributed by atoms with Crippen LogP contribution in [0.5, 0.6) is 0 Å². The highest BCUT2D eigenvalue weighted by atomic mass is 16.4. The Morgan fingerprint density at radius 2 is 2.11 bits per heavy atom. The van der Waals surface area contributed by atoms with Gasteiger partial charge >= 0.3 is 0 Å². The number of rotatable bonds is 7. The SMILES string of the molecule is CC(CNCC1(C/C(N)=N/O)CC1)c1ccccc1. The van der Waals surface area contributed by atoms with Crippen LogP contribution in [-0.4, -0.2) is 24.1 Å². The molecule has 0 radical (unpaired) electrons. The third-order valence-electron chi connectivity index (χ3n) is 3.96. The van der Waals surface area contributed by atoms with Crippen molar-refractivity contribution >= 4 is 5.84 Å². The number of nitrogens with two attached hydrogens (primary N) is 1. The molecule has 1 aromatic rings. The van der Waals surface area contributed by atoms with Crippen LogP contribution in [0.25, 0.3) is 0 Å². The molecule has 0 bridgehead atoms. The Morgan fingerprint density at radius 3 is 2.68 bits per heavy atom. The first kappa shape index (κ1) is 13.9. The lowest BCUT2D eigenvalue weighted by molar-refractivity contribution is 0.314. The van der Waals surface area contributed by atoms with Crippen molar-refractivity contribution in [1.29, 1.82) is 0 Å². The van der Waals surface area contributed by atoms with Gasteiger partial charge in [-0.2, -0.15) is 0 Å². The lowest BCUT2D eigenvalue weighted by Gasteiger charge is -2.18. The zero-order chi connectivity index (χ0) is 13.7. The van der Waals surface area contributed by atoms with Crippen molar-refractivity contribution in [2.75, 3.05) is 13.1 Å². The fraction of sp³-hybridized carbons (Fsp3) is 0.533. The van der Waals surface area contributed by atoms with E-state index in [0.717, 1.165) is 25.9 Å². The Bertz CT molecular complexity index is 426. The van der Waals surface area contributed by atoms with Gasteiger partial charge in [0.1, 0.15) is 5.84 Å². The van der Waals surface area contributed by atoms with E-state index in [-0.39, 0.29) is 5.41 Å². The molecular formula is C15H23N3O. The van der Waals surface area contributed by atoms with Crippen LogP contribution >= 0.6 is 0 Å². The second-order valence-electron chi connectivity index (χ2n) is 5.71. The van der Waals surface area contributed by atoms with E-state index in [1.165, 1.54) is 5.56 Å². The van der Waals surface area contributed by atoms with E-state index in [0.29, 0.717) is 18.2 Å². The van der Waals surface area contributed by atoms with Crippen molar-refractivity contribution in [2.24, 2.45) is 16.3 Å². The molecule has 0 aromatic heterocycles. The van der Waals surface area contributed by atoms with E-state index in [2.05, 4.69) is 41.7 Å². The molecule has 0 heterocycles. The first-order chi connectivity index (χ1) is 9.15. The Balaban J connectivity index is 1.75. The molecule has 1 saturated carbocycles. The Hall–Kier alpha value is -1.55. The van der Waals surface area contributed by atoms with Gasteiger partial charge in [0.2, 0.25) is 0 Å². The number of amidine groups is 1. The number of nitrogens with one attached hydrogen (secondary N) is 1. The first-order valence-corrected chi connectivity index (χ1v) is 6.87. The Morgan fingerprint density at radius 1 is 1.42 bits per heavy atom. The summed E-state index contributed by atoms with van der Waals surface area (Å²) >= 11 is 0. The summed E-state index contributed by atoms with van der Waals surface area (Å²) < 4.78 is 0. The lowest BCUT2D eigenvalue weighted by Crippen LogP contribution is -2.30. The summed E-state index contributed by atoms with van der Waals surface area (Å²) in [6, 6.07) is 10.5. The molecule has 1 fully saturated rings. The molecule has 4 heteroatoms. The zero-order valence-electron chi connectivity index (χ0n) is 11.5. The number of benzene rings is 1. The summed E-state index contributed by atoms with van der Waals surface area (Å²) in [6.07, 6.45) is 3.02. The quantitative estimate of drug-likeness (QED) is 0.305. The highest BCUT2D eigenvalue weighted by Gasteiger charge is 2.42. The van der Waals surface area contributed by atoms with Crippen molar-refractivity contribution in [3.8, 4) is 0 Å². The minimum atomic E-state index is 0.229. The number of hydrogen-bond acceptors (Lipinski definition) is 3. The smallest absolute Gasteiger partial charge is 0.139 e. The topological polar surface area (TPSA) is 70.6 Å². The maximum atomic E-state index is 8.63. The molecule has 0 spiro atoms.